The molecule has 64 valence electrons. The van der Waals surface area contributed by atoms with E-state index in [0.29, 0.717) is 0 Å². The van der Waals surface area contributed by atoms with Crippen LogP contribution in [0.2, 0.25) is 0 Å². The minimum absolute atomic E-state index is 0. The maximum Gasteiger partial charge on any atom is 1.00 e. The second-order valence-corrected chi connectivity index (χ2v) is 2.96. The summed E-state index contributed by atoms with van der Waals surface area (Å²) in [5.41, 5.74) is 4.41. The molecule has 0 fully saturated rings. The first-order valence-corrected chi connectivity index (χ1v) is 3.78. The minimum atomic E-state index is -1.49. The third-order valence-corrected chi connectivity index (χ3v) is 1.97. The number of carbonyl (C=O) groups excluding carboxylic acids is 1. The fraction of sp³-hybridized carbons (Fsp3) is 0. The quantitative estimate of drug-likeness (QED) is 0.584. The molecule has 0 spiro atoms. The van der Waals surface area contributed by atoms with E-state index in [-0.39, 0.29) is 68.2 Å². The Morgan fingerprint density at radius 2 is 2.08 bits per heavy atom. The van der Waals surface area contributed by atoms with Crippen LogP contribution in [0.3, 0.4) is 0 Å². The van der Waals surface area contributed by atoms with E-state index in [1.54, 1.807) is 0 Å². The van der Waals surface area contributed by atoms with Gasteiger partial charge in [-0.05, 0) is 28.1 Å². The second-order valence-electron chi connectivity index (χ2n) is 2.11. The van der Waals surface area contributed by atoms with Gasteiger partial charge in [-0.3, -0.25) is 0 Å². The van der Waals surface area contributed by atoms with Crippen molar-refractivity contribution in [3.63, 3.8) is 0 Å². The van der Waals surface area contributed by atoms with Gasteiger partial charge in [0, 0.05) is 5.56 Å². The zero-order valence-corrected chi connectivity index (χ0v) is 13.3. The molecule has 0 saturated carbocycles. The number of nitrogen functional groups attached to an aromatic ring is 1. The van der Waals surface area contributed by atoms with Gasteiger partial charge in [-0.2, -0.15) is 0 Å². The molecule has 0 heterocycles. The molecule has 13 heavy (non-hydrogen) atoms. The summed E-state index contributed by atoms with van der Waals surface area (Å²) in [7, 11) is 0. The largest absolute Gasteiger partial charge is 1.00 e. The van der Waals surface area contributed by atoms with E-state index in [9.17, 15) is 14.3 Å². The van der Waals surface area contributed by atoms with Gasteiger partial charge in [0.2, 0.25) is 0 Å². The van der Waals surface area contributed by atoms with Crippen LogP contribution in [0.4, 0.5) is 10.1 Å². The number of hydrogen-bond donors (Lipinski definition) is 1. The van der Waals surface area contributed by atoms with Gasteiger partial charge in [0.05, 0.1) is 16.1 Å². The second kappa shape index (κ2) is 5.55. The molecule has 0 amide bonds. The van der Waals surface area contributed by atoms with Gasteiger partial charge in [0.15, 0.2) is 5.82 Å². The Balaban J connectivity index is 0.00000144. The van der Waals surface area contributed by atoms with E-state index < -0.39 is 17.5 Å². The molecule has 0 aliphatic rings. The summed E-state index contributed by atoms with van der Waals surface area (Å²) in [5.74, 6) is -2.27. The Labute approximate surface area is 131 Å². The third kappa shape index (κ3) is 3.09. The summed E-state index contributed by atoms with van der Waals surface area (Å²) < 4.78 is 13.0. The molecular formula is C7H4BrFNO2Rb. The zero-order chi connectivity index (χ0) is 9.30. The summed E-state index contributed by atoms with van der Waals surface area (Å²) in [6, 6.07) is 2.44. The monoisotopic (exact) mass is 317 g/mol. The van der Waals surface area contributed by atoms with Gasteiger partial charge in [-0.25, -0.2) is 4.39 Å². The summed E-state index contributed by atoms with van der Waals surface area (Å²) >= 11 is 2.86. The Morgan fingerprint density at radius 1 is 1.54 bits per heavy atom. The van der Waals surface area contributed by atoms with Crippen molar-refractivity contribution in [1.29, 1.82) is 0 Å². The normalized spacial score (nSPS) is 9.08. The summed E-state index contributed by atoms with van der Waals surface area (Å²) in [4.78, 5) is 10.3. The van der Waals surface area contributed by atoms with Crippen molar-refractivity contribution in [2.45, 2.75) is 0 Å². The molecule has 3 nitrogen and oxygen atoms in total. The predicted molar refractivity (Wildman–Crippen MR) is 42.8 cm³/mol. The van der Waals surface area contributed by atoms with Crippen molar-refractivity contribution in [2.75, 3.05) is 5.73 Å². The smallest absolute Gasteiger partial charge is 0.545 e. The predicted octanol–water partition coefficient (Wildman–Crippen LogP) is -2.46. The van der Waals surface area contributed by atoms with Gasteiger partial charge >= 0.3 is 58.2 Å². The molecule has 0 radical (unpaired) electrons. The van der Waals surface area contributed by atoms with Crippen LogP contribution in [-0.4, -0.2) is 5.97 Å². The molecule has 0 atom stereocenters. The third-order valence-electron chi connectivity index (χ3n) is 1.35. The number of aromatic carboxylic acids is 1. The standard InChI is InChI=1S/C7H5BrFNO2.Rb/c8-4-2-1-3(7(11)12)6(10)5(4)9;/h1-2H,10H2,(H,11,12);/q;+1/p-1. The topological polar surface area (TPSA) is 66.2 Å². The molecule has 2 N–H and O–H groups in total. The average Bonchev–Trinajstić information content (AvgIpc) is 2.00. The molecule has 0 unspecified atom stereocenters. The van der Waals surface area contributed by atoms with Gasteiger partial charge in [0.25, 0.3) is 0 Å². The Bertz CT molecular complexity index is 346. The summed E-state index contributed by atoms with van der Waals surface area (Å²) in [6.45, 7) is 0. The Kier molecular flexibility index (Phi) is 5.85. The molecule has 1 aromatic rings. The first-order valence-electron chi connectivity index (χ1n) is 2.99. The van der Waals surface area contributed by atoms with Crippen molar-refractivity contribution in [2.24, 2.45) is 0 Å². The van der Waals surface area contributed by atoms with Crippen LogP contribution in [0.5, 0.6) is 0 Å². The Morgan fingerprint density at radius 3 is 2.54 bits per heavy atom. The summed E-state index contributed by atoms with van der Waals surface area (Å²) in [6.07, 6.45) is 0. The van der Waals surface area contributed by atoms with Crippen molar-refractivity contribution >= 4 is 27.6 Å². The average molecular weight is 318 g/mol. The first kappa shape index (κ1) is 13.7. The van der Waals surface area contributed by atoms with E-state index in [4.69, 9.17) is 5.73 Å². The van der Waals surface area contributed by atoms with Gasteiger partial charge in [-0.1, -0.05) is 0 Å². The van der Waals surface area contributed by atoms with E-state index in [1.807, 2.05) is 0 Å². The van der Waals surface area contributed by atoms with E-state index in [2.05, 4.69) is 15.9 Å². The molecule has 0 bridgehead atoms. The number of carboxylic acids is 1. The van der Waals surface area contributed by atoms with E-state index in [0.717, 1.165) is 0 Å². The summed E-state index contributed by atoms with van der Waals surface area (Å²) in [5, 5.41) is 10.3. The van der Waals surface area contributed by atoms with Crippen molar-refractivity contribution in [3.8, 4) is 0 Å². The molecule has 6 heteroatoms. The van der Waals surface area contributed by atoms with E-state index in [1.165, 1.54) is 12.1 Å². The maximum absolute atomic E-state index is 12.9. The van der Waals surface area contributed by atoms with Gasteiger partial charge in [0.1, 0.15) is 0 Å². The molecule has 1 aromatic carbocycles. The van der Waals surface area contributed by atoms with Crippen LogP contribution >= 0.6 is 15.9 Å². The van der Waals surface area contributed by atoms with Crippen molar-refractivity contribution < 1.29 is 72.5 Å². The number of benzene rings is 1. The molecule has 0 aliphatic carbocycles. The number of hydrogen-bond acceptors (Lipinski definition) is 3. The number of halogens is 2. The maximum atomic E-state index is 12.9. The number of carboxylic acid groups (broad SMARTS) is 1. The van der Waals surface area contributed by atoms with Crippen molar-refractivity contribution in [3.05, 3.63) is 28.0 Å². The Hall–Kier alpha value is 0.705. The molecule has 0 aliphatic heterocycles. The number of anilines is 1. The zero-order valence-electron chi connectivity index (χ0n) is 6.80. The van der Waals surface area contributed by atoms with Gasteiger partial charge < -0.3 is 15.6 Å². The number of rotatable bonds is 1. The fourth-order valence-corrected chi connectivity index (χ4v) is 1.09. The molecule has 0 saturated heterocycles. The van der Waals surface area contributed by atoms with Crippen LogP contribution in [0.25, 0.3) is 0 Å². The van der Waals surface area contributed by atoms with Crippen molar-refractivity contribution in [1.82, 2.24) is 0 Å². The van der Waals surface area contributed by atoms with Crippen LogP contribution < -0.4 is 69.0 Å². The van der Waals surface area contributed by atoms with Crippen LogP contribution in [-0.2, 0) is 0 Å². The fourth-order valence-electron chi connectivity index (χ4n) is 0.744. The van der Waals surface area contributed by atoms with Crippen LogP contribution in [0.15, 0.2) is 16.6 Å². The number of nitrogens with two attached hydrogens (primary N) is 1. The molecule has 1 rings (SSSR count). The van der Waals surface area contributed by atoms with E-state index >= 15 is 0 Å². The number of carbonyl (C=O) groups is 1. The molecular weight excluding hydrogens is 314 g/mol. The first-order chi connectivity index (χ1) is 5.54. The van der Waals surface area contributed by atoms with Gasteiger partial charge in [-0.15, -0.1) is 0 Å². The molecule has 0 aromatic heterocycles. The van der Waals surface area contributed by atoms with Crippen LogP contribution in [0.1, 0.15) is 10.4 Å². The SMILES string of the molecule is Nc1c(C(=O)[O-])ccc(Br)c1F.[Rb+]. The minimum Gasteiger partial charge on any atom is -0.545 e. The van der Waals surface area contributed by atoms with Crippen LogP contribution in [0, 0.1) is 5.82 Å².